The fourth-order valence-corrected chi connectivity index (χ4v) is 4.16. The molecule has 0 unspecified atom stereocenters. The highest BCUT2D eigenvalue weighted by molar-refractivity contribution is 5.81. The van der Waals surface area contributed by atoms with Crippen molar-refractivity contribution in [1.29, 1.82) is 0 Å². The average Bonchev–Trinajstić information content (AvgIpc) is 3.46. The topological polar surface area (TPSA) is 26.8 Å². The molecule has 4 nitrogen and oxygen atoms in total. The Labute approximate surface area is 155 Å². The summed E-state index contributed by atoms with van der Waals surface area (Å²) in [6.45, 7) is 5.59. The van der Waals surface area contributed by atoms with E-state index < -0.39 is 0 Å². The summed E-state index contributed by atoms with van der Waals surface area (Å²) in [4.78, 5) is 19.1. The maximum atomic E-state index is 12.2. The molecule has 2 aromatic rings. The van der Waals surface area contributed by atoms with Crippen LogP contribution in [-0.2, 0) is 17.9 Å². The molecule has 2 fully saturated rings. The van der Waals surface area contributed by atoms with Crippen LogP contribution in [0.25, 0.3) is 0 Å². The number of carbonyl (C=O) groups is 1. The summed E-state index contributed by atoms with van der Waals surface area (Å²) in [7, 11) is 0. The summed E-state index contributed by atoms with van der Waals surface area (Å²) in [6, 6.07) is 17.6. The molecule has 134 valence electrons. The van der Waals surface area contributed by atoms with Crippen LogP contribution in [0.3, 0.4) is 0 Å². The number of rotatable bonds is 3. The van der Waals surface area contributed by atoms with Gasteiger partial charge in [0, 0.05) is 56.6 Å². The maximum Gasteiger partial charge on any atom is 0.225 e. The number of anilines is 2. The van der Waals surface area contributed by atoms with Gasteiger partial charge in [0.2, 0.25) is 5.91 Å². The van der Waals surface area contributed by atoms with Crippen LogP contribution < -0.4 is 9.80 Å². The monoisotopic (exact) mass is 347 g/mol. The van der Waals surface area contributed by atoms with Crippen molar-refractivity contribution in [3.05, 3.63) is 59.7 Å². The maximum absolute atomic E-state index is 12.2. The number of benzene rings is 2. The van der Waals surface area contributed by atoms with E-state index in [1.165, 1.54) is 22.5 Å². The minimum absolute atomic E-state index is 0.338. The molecule has 0 N–H and O–H groups in total. The molecule has 1 aliphatic carbocycles. The summed E-state index contributed by atoms with van der Waals surface area (Å²) in [5.74, 6) is 0.721. The van der Waals surface area contributed by atoms with Gasteiger partial charge >= 0.3 is 0 Å². The molecule has 2 heterocycles. The summed E-state index contributed by atoms with van der Waals surface area (Å²) >= 11 is 0. The zero-order valence-electron chi connectivity index (χ0n) is 15.1. The molecule has 0 bridgehead atoms. The predicted molar refractivity (Wildman–Crippen MR) is 104 cm³/mol. The molecule has 0 spiro atoms. The van der Waals surface area contributed by atoms with Crippen molar-refractivity contribution in [1.82, 2.24) is 4.90 Å². The van der Waals surface area contributed by atoms with Crippen molar-refractivity contribution in [2.24, 2.45) is 5.92 Å². The van der Waals surface area contributed by atoms with Gasteiger partial charge in [0.05, 0.1) is 0 Å². The molecular weight excluding hydrogens is 322 g/mol. The molecule has 3 aliphatic rings. The largest absolute Gasteiger partial charge is 0.368 e. The summed E-state index contributed by atoms with van der Waals surface area (Å²) in [6.07, 6.45) is 2.20. The minimum atomic E-state index is 0.338. The first-order valence-corrected chi connectivity index (χ1v) is 9.73. The van der Waals surface area contributed by atoms with Crippen LogP contribution in [0.4, 0.5) is 11.4 Å². The Morgan fingerprint density at radius 2 is 1.27 bits per heavy atom. The molecule has 0 radical (unpaired) electrons. The third kappa shape index (κ3) is 2.94. The predicted octanol–water partition coefficient (Wildman–Crippen LogP) is 3.27. The molecule has 1 amide bonds. The van der Waals surface area contributed by atoms with E-state index in [2.05, 4.69) is 63.2 Å². The quantitative estimate of drug-likeness (QED) is 0.853. The van der Waals surface area contributed by atoms with Crippen molar-refractivity contribution in [3.8, 4) is 0 Å². The van der Waals surface area contributed by atoms with E-state index in [1.807, 2.05) is 0 Å². The van der Waals surface area contributed by atoms with Gasteiger partial charge in [0.1, 0.15) is 0 Å². The second-order valence-electron chi connectivity index (χ2n) is 7.73. The number of hydrogen-bond acceptors (Lipinski definition) is 3. The van der Waals surface area contributed by atoms with Crippen LogP contribution in [0.2, 0.25) is 0 Å². The number of hydrogen-bond donors (Lipinski definition) is 0. The van der Waals surface area contributed by atoms with Gasteiger partial charge in [-0.3, -0.25) is 4.79 Å². The van der Waals surface area contributed by atoms with Gasteiger partial charge in [-0.05, 0) is 48.2 Å². The average molecular weight is 347 g/mol. The summed E-state index contributed by atoms with van der Waals surface area (Å²) < 4.78 is 0. The van der Waals surface area contributed by atoms with Crippen LogP contribution in [0, 0.1) is 5.92 Å². The van der Waals surface area contributed by atoms with E-state index in [0.29, 0.717) is 11.8 Å². The second kappa shape index (κ2) is 6.35. The van der Waals surface area contributed by atoms with Crippen molar-refractivity contribution in [2.75, 3.05) is 36.0 Å². The van der Waals surface area contributed by atoms with Crippen LogP contribution in [0.5, 0.6) is 0 Å². The molecule has 4 heteroatoms. The zero-order valence-corrected chi connectivity index (χ0v) is 15.1. The lowest BCUT2D eigenvalue weighted by Gasteiger charge is -2.36. The first-order valence-electron chi connectivity index (χ1n) is 9.73. The van der Waals surface area contributed by atoms with Gasteiger partial charge in [-0.15, -0.1) is 0 Å². The molecule has 0 aromatic heterocycles. The van der Waals surface area contributed by atoms with E-state index in [0.717, 1.165) is 52.1 Å². The third-order valence-corrected chi connectivity index (χ3v) is 5.94. The molecular formula is C22H25N3O. The Morgan fingerprint density at radius 1 is 0.731 bits per heavy atom. The smallest absolute Gasteiger partial charge is 0.225 e. The standard InChI is InChI=1S/C22H25N3O/c26-22(17-5-6-17)24-13-11-23(12-14-24)20-7-9-21(10-8-20)25-15-18-3-1-2-4-19(18)16-25/h1-4,7-10,17H,5-6,11-16H2. The van der Waals surface area contributed by atoms with Gasteiger partial charge < -0.3 is 14.7 Å². The van der Waals surface area contributed by atoms with E-state index >= 15 is 0 Å². The Morgan fingerprint density at radius 3 is 1.81 bits per heavy atom. The number of nitrogens with zero attached hydrogens (tertiary/aromatic N) is 3. The molecule has 2 aliphatic heterocycles. The van der Waals surface area contributed by atoms with Gasteiger partial charge in [-0.1, -0.05) is 24.3 Å². The van der Waals surface area contributed by atoms with Gasteiger partial charge in [-0.25, -0.2) is 0 Å². The highest BCUT2D eigenvalue weighted by Gasteiger charge is 2.34. The number of piperazine rings is 1. The van der Waals surface area contributed by atoms with Gasteiger partial charge in [0.15, 0.2) is 0 Å². The van der Waals surface area contributed by atoms with E-state index in [9.17, 15) is 4.79 Å². The van der Waals surface area contributed by atoms with Gasteiger partial charge in [-0.2, -0.15) is 0 Å². The molecule has 0 atom stereocenters. The number of fused-ring (bicyclic) bond motifs is 1. The van der Waals surface area contributed by atoms with E-state index in [-0.39, 0.29) is 0 Å². The number of amides is 1. The Kier molecular flexibility index (Phi) is 3.84. The highest BCUT2D eigenvalue weighted by atomic mass is 16.2. The van der Waals surface area contributed by atoms with Crippen LogP contribution >= 0.6 is 0 Å². The molecule has 1 saturated carbocycles. The number of carbonyl (C=O) groups excluding carboxylic acids is 1. The first kappa shape index (κ1) is 15.7. The van der Waals surface area contributed by atoms with Crippen molar-refractivity contribution < 1.29 is 4.79 Å². The molecule has 5 rings (SSSR count). The van der Waals surface area contributed by atoms with E-state index in [4.69, 9.17) is 0 Å². The minimum Gasteiger partial charge on any atom is -0.368 e. The van der Waals surface area contributed by atoms with E-state index in [1.54, 1.807) is 0 Å². The van der Waals surface area contributed by atoms with Crippen LogP contribution in [0.1, 0.15) is 24.0 Å². The first-order chi connectivity index (χ1) is 12.8. The lowest BCUT2D eigenvalue weighted by molar-refractivity contribution is -0.132. The highest BCUT2D eigenvalue weighted by Crippen LogP contribution is 2.32. The zero-order chi connectivity index (χ0) is 17.5. The van der Waals surface area contributed by atoms with Crippen molar-refractivity contribution >= 4 is 17.3 Å². The Hall–Kier alpha value is -2.49. The summed E-state index contributed by atoms with van der Waals surface area (Å²) in [5.41, 5.74) is 5.43. The molecule has 26 heavy (non-hydrogen) atoms. The SMILES string of the molecule is O=C(C1CC1)N1CCN(c2ccc(N3Cc4ccccc4C3)cc2)CC1. The van der Waals surface area contributed by atoms with Crippen LogP contribution in [-0.4, -0.2) is 37.0 Å². The van der Waals surface area contributed by atoms with Crippen molar-refractivity contribution in [3.63, 3.8) is 0 Å². The fraction of sp³-hybridized carbons (Fsp3) is 0.409. The second-order valence-corrected chi connectivity index (χ2v) is 7.73. The third-order valence-electron chi connectivity index (χ3n) is 5.94. The molecule has 1 saturated heterocycles. The molecule has 2 aromatic carbocycles. The Bertz CT molecular complexity index is 779. The summed E-state index contributed by atoms with van der Waals surface area (Å²) in [5, 5.41) is 0. The fourth-order valence-electron chi connectivity index (χ4n) is 4.16. The normalized spacial score (nSPS) is 19.6. The van der Waals surface area contributed by atoms with Gasteiger partial charge in [0.25, 0.3) is 0 Å². The van der Waals surface area contributed by atoms with Crippen molar-refractivity contribution in [2.45, 2.75) is 25.9 Å². The lowest BCUT2D eigenvalue weighted by Crippen LogP contribution is -2.49. The van der Waals surface area contributed by atoms with Crippen LogP contribution in [0.15, 0.2) is 48.5 Å². The lowest BCUT2D eigenvalue weighted by atomic mass is 10.1. The Balaban J connectivity index is 1.22.